The lowest BCUT2D eigenvalue weighted by atomic mass is 10.0. The van der Waals surface area contributed by atoms with Crippen LogP contribution in [0.2, 0.25) is 5.02 Å². The molecule has 0 radical (unpaired) electrons. The van der Waals surface area contributed by atoms with Gasteiger partial charge in [0.05, 0.1) is 6.04 Å². The van der Waals surface area contributed by atoms with Crippen LogP contribution in [0.4, 0.5) is 0 Å². The molecule has 1 saturated carbocycles. The standard InChI is InChI=1S/C20H18ClN3O2/c1-12-22-20(26-24-12)16-6-4-15(5-7-16)19(25)23-18(13-2-3-13)14-8-10-17(21)11-9-14/h4-11,13,18H,2-3H2,1H3,(H,23,25). The van der Waals surface area contributed by atoms with E-state index >= 15 is 0 Å². The summed E-state index contributed by atoms with van der Waals surface area (Å²) in [5, 5.41) is 7.64. The van der Waals surface area contributed by atoms with Crippen LogP contribution in [0, 0.1) is 12.8 Å². The van der Waals surface area contributed by atoms with Crippen molar-refractivity contribution in [1.29, 1.82) is 0 Å². The van der Waals surface area contributed by atoms with Crippen LogP contribution < -0.4 is 5.32 Å². The third-order valence-corrected chi connectivity index (χ3v) is 4.78. The SMILES string of the molecule is Cc1noc(-c2ccc(C(=O)NC(c3ccc(Cl)cc3)C3CC3)cc2)n1. The lowest BCUT2D eigenvalue weighted by Gasteiger charge is -2.19. The lowest BCUT2D eigenvalue weighted by Crippen LogP contribution is -2.29. The Bertz CT molecular complexity index is 915. The topological polar surface area (TPSA) is 68.0 Å². The van der Waals surface area contributed by atoms with Gasteiger partial charge in [-0.3, -0.25) is 4.79 Å². The van der Waals surface area contributed by atoms with Crippen molar-refractivity contribution < 1.29 is 9.32 Å². The second-order valence-corrected chi connectivity index (χ2v) is 7.00. The summed E-state index contributed by atoms with van der Waals surface area (Å²) in [6.45, 7) is 1.77. The third-order valence-electron chi connectivity index (χ3n) is 4.53. The summed E-state index contributed by atoms with van der Waals surface area (Å²) in [7, 11) is 0. The predicted molar refractivity (Wildman–Crippen MR) is 98.9 cm³/mol. The number of hydrogen-bond acceptors (Lipinski definition) is 4. The quantitative estimate of drug-likeness (QED) is 0.716. The van der Waals surface area contributed by atoms with Gasteiger partial charge < -0.3 is 9.84 Å². The zero-order chi connectivity index (χ0) is 18.1. The van der Waals surface area contributed by atoms with Crippen molar-refractivity contribution in [2.75, 3.05) is 0 Å². The number of carbonyl (C=O) groups is 1. The van der Waals surface area contributed by atoms with Crippen molar-refractivity contribution in [3.63, 3.8) is 0 Å². The summed E-state index contributed by atoms with van der Waals surface area (Å²) in [5.41, 5.74) is 2.48. The molecule has 3 aromatic rings. The molecule has 6 heteroatoms. The van der Waals surface area contributed by atoms with Crippen LogP contribution in [0.3, 0.4) is 0 Å². The Kier molecular flexibility index (Phi) is 4.47. The fourth-order valence-electron chi connectivity index (χ4n) is 2.98. The summed E-state index contributed by atoms with van der Waals surface area (Å²) in [5.74, 6) is 1.43. The minimum atomic E-state index is -0.0925. The highest BCUT2D eigenvalue weighted by atomic mass is 35.5. The molecule has 1 N–H and O–H groups in total. The first-order chi connectivity index (χ1) is 12.6. The Morgan fingerprint density at radius 1 is 1.15 bits per heavy atom. The van der Waals surface area contributed by atoms with Crippen LogP contribution in [-0.4, -0.2) is 16.0 Å². The molecular formula is C20H18ClN3O2. The number of aromatic nitrogens is 2. The Balaban J connectivity index is 1.50. The zero-order valence-electron chi connectivity index (χ0n) is 14.3. The lowest BCUT2D eigenvalue weighted by molar-refractivity contribution is 0.0931. The zero-order valence-corrected chi connectivity index (χ0v) is 15.0. The summed E-state index contributed by atoms with van der Waals surface area (Å²) >= 11 is 5.98. The van der Waals surface area contributed by atoms with Crippen molar-refractivity contribution in [2.45, 2.75) is 25.8 Å². The van der Waals surface area contributed by atoms with E-state index in [1.807, 2.05) is 36.4 Å². The van der Waals surface area contributed by atoms with Crippen LogP contribution in [0.5, 0.6) is 0 Å². The Hall–Kier alpha value is -2.66. The van der Waals surface area contributed by atoms with E-state index in [0.29, 0.717) is 28.2 Å². The van der Waals surface area contributed by atoms with Crippen molar-refractivity contribution in [3.8, 4) is 11.5 Å². The van der Waals surface area contributed by atoms with Gasteiger partial charge in [-0.05, 0) is 67.6 Å². The molecule has 0 aliphatic heterocycles. The van der Waals surface area contributed by atoms with Gasteiger partial charge in [0.15, 0.2) is 5.82 Å². The van der Waals surface area contributed by atoms with Crippen molar-refractivity contribution in [3.05, 3.63) is 70.5 Å². The van der Waals surface area contributed by atoms with E-state index in [9.17, 15) is 4.79 Å². The number of aryl methyl sites for hydroxylation is 1. The van der Waals surface area contributed by atoms with Gasteiger partial charge in [-0.2, -0.15) is 4.98 Å². The summed E-state index contributed by atoms with van der Waals surface area (Å²) in [4.78, 5) is 16.9. The number of amides is 1. The van der Waals surface area contributed by atoms with Gasteiger partial charge in [0.1, 0.15) is 0 Å². The third kappa shape index (κ3) is 3.63. The minimum absolute atomic E-state index is 0.0121. The number of nitrogens with one attached hydrogen (secondary N) is 1. The molecule has 1 unspecified atom stereocenters. The maximum Gasteiger partial charge on any atom is 0.257 e. The Morgan fingerprint density at radius 3 is 2.42 bits per heavy atom. The summed E-state index contributed by atoms with van der Waals surface area (Å²) in [6, 6.07) is 14.9. The maximum absolute atomic E-state index is 12.7. The van der Waals surface area contributed by atoms with E-state index in [2.05, 4.69) is 15.5 Å². The highest BCUT2D eigenvalue weighted by Gasteiger charge is 2.33. The molecule has 1 atom stereocenters. The fourth-order valence-corrected chi connectivity index (χ4v) is 3.10. The van der Waals surface area contributed by atoms with Crippen molar-refractivity contribution in [2.24, 2.45) is 5.92 Å². The molecule has 26 heavy (non-hydrogen) atoms. The van der Waals surface area contributed by atoms with E-state index in [0.717, 1.165) is 24.0 Å². The molecule has 1 heterocycles. The van der Waals surface area contributed by atoms with Gasteiger partial charge in [0.25, 0.3) is 11.8 Å². The van der Waals surface area contributed by atoms with Gasteiger partial charge in [-0.1, -0.05) is 28.9 Å². The number of halogens is 1. The molecular weight excluding hydrogens is 350 g/mol. The van der Waals surface area contributed by atoms with Gasteiger partial charge in [-0.25, -0.2) is 0 Å². The average Bonchev–Trinajstić information content (AvgIpc) is 3.41. The molecule has 1 amide bonds. The first-order valence-corrected chi connectivity index (χ1v) is 8.95. The molecule has 0 bridgehead atoms. The molecule has 1 aromatic heterocycles. The van der Waals surface area contributed by atoms with Crippen molar-refractivity contribution >= 4 is 17.5 Å². The highest BCUT2D eigenvalue weighted by Crippen LogP contribution is 2.41. The van der Waals surface area contributed by atoms with Crippen LogP contribution in [0.1, 0.15) is 40.6 Å². The number of carbonyl (C=O) groups excluding carboxylic acids is 1. The van der Waals surface area contributed by atoms with E-state index in [1.165, 1.54) is 0 Å². The van der Waals surface area contributed by atoms with E-state index in [4.69, 9.17) is 16.1 Å². The highest BCUT2D eigenvalue weighted by molar-refractivity contribution is 6.30. The summed E-state index contributed by atoms with van der Waals surface area (Å²) < 4.78 is 5.15. The molecule has 1 aliphatic rings. The van der Waals surface area contributed by atoms with Crippen LogP contribution in [0.25, 0.3) is 11.5 Å². The summed E-state index contributed by atoms with van der Waals surface area (Å²) in [6.07, 6.45) is 2.26. The van der Waals surface area contributed by atoms with Gasteiger partial charge in [0, 0.05) is 16.1 Å². The second-order valence-electron chi connectivity index (χ2n) is 6.56. The number of hydrogen-bond donors (Lipinski definition) is 1. The Morgan fingerprint density at radius 2 is 1.85 bits per heavy atom. The maximum atomic E-state index is 12.7. The number of rotatable bonds is 5. The molecule has 1 fully saturated rings. The molecule has 2 aromatic carbocycles. The molecule has 5 nitrogen and oxygen atoms in total. The monoisotopic (exact) mass is 367 g/mol. The van der Waals surface area contributed by atoms with E-state index < -0.39 is 0 Å². The molecule has 1 aliphatic carbocycles. The molecule has 0 spiro atoms. The second kappa shape index (κ2) is 6.92. The predicted octanol–water partition coefficient (Wildman–Crippen LogP) is 4.58. The van der Waals surface area contributed by atoms with Crippen molar-refractivity contribution in [1.82, 2.24) is 15.5 Å². The molecule has 132 valence electrons. The van der Waals surface area contributed by atoms with Crippen LogP contribution in [0.15, 0.2) is 53.1 Å². The van der Waals surface area contributed by atoms with Gasteiger partial charge >= 0.3 is 0 Å². The smallest absolute Gasteiger partial charge is 0.257 e. The first kappa shape index (κ1) is 16.8. The van der Waals surface area contributed by atoms with Gasteiger partial charge in [0.2, 0.25) is 0 Å². The minimum Gasteiger partial charge on any atom is -0.345 e. The largest absolute Gasteiger partial charge is 0.345 e. The average molecular weight is 368 g/mol. The Labute approximate surface area is 156 Å². The first-order valence-electron chi connectivity index (χ1n) is 8.57. The molecule has 4 rings (SSSR count). The number of benzene rings is 2. The normalized spacial score (nSPS) is 14.8. The number of nitrogens with zero attached hydrogens (tertiary/aromatic N) is 2. The van der Waals surface area contributed by atoms with Crippen LogP contribution in [-0.2, 0) is 0 Å². The molecule has 0 saturated heterocycles. The van der Waals surface area contributed by atoms with E-state index in [1.54, 1.807) is 19.1 Å². The van der Waals surface area contributed by atoms with Gasteiger partial charge in [-0.15, -0.1) is 0 Å². The fraction of sp³-hybridized carbons (Fsp3) is 0.250. The van der Waals surface area contributed by atoms with Crippen LogP contribution >= 0.6 is 11.6 Å². The van der Waals surface area contributed by atoms with E-state index in [-0.39, 0.29) is 11.9 Å².